The zero-order chi connectivity index (χ0) is 17.7. The highest BCUT2D eigenvalue weighted by atomic mass is 16.2. The number of hydrogen-bond donors (Lipinski definition) is 1. The van der Waals surface area contributed by atoms with E-state index in [-0.39, 0.29) is 18.0 Å². The molecule has 5 heteroatoms. The van der Waals surface area contributed by atoms with Crippen molar-refractivity contribution < 1.29 is 9.59 Å². The first-order chi connectivity index (χ1) is 11.4. The summed E-state index contributed by atoms with van der Waals surface area (Å²) in [6, 6.07) is 10.2. The molecular weight excluding hydrogens is 302 g/mol. The predicted octanol–water partition coefficient (Wildman–Crippen LogP) is 2.83. The molecule has 1 atom stereocenters. The lowest BCUT2D eigenvalue weighted by Crippen LogP contribution is -2.51. The molecule has 24 heavy (non-hydrogen) atoms. The van der Waals surface area contributed by atoms with E-state index >= 15 is 0 Å². The van der Waals surface area contributed by atoms with E-state index in [4.69, 9.17) is 0 Å². The molecule has 1 unspecified atom stereocenters. The van der Waals surface area contributed by atoms with Crippen LogP contribution < -0.4 is 5.32 Å². The van der Waals surface area contributed by atoms with Crippen molar-refractivity contribution in [3.63, 3.8) is 0 Å². The highest BCUT2D eigenvalue weighted by Crippen LogP contribution is 2.34. The van der Waals surface area contributed by atoms with E-state index in [0.717, 1.165) is 25.7 Å². The van der Waals surface area contributed by atoms with Crippen LogP contribution in [0, 0.1) is 0 Å². The Morgan fingerprint density at radius 1 is 1.04 bits per heavy atom. The molecule has 0 bridgehead atoms. The van der Waals surface area contributed by atoms with E-state index in [1.165, 1.54) is 10.5 Å². The van der Waals surface area contributed by atoms with Crippen LogP contribution in [0.15, 0.2) is 30.3 Å². The number of carbonyl (C=O) groups excluding carboxylic acids is 2. The molecule has 132 valence electrons. The van der Waals surface area contributed by atoms with Gasteiger partial charge in [0.1, 0.15) is 6.04 Å². The Bertz CT molecular complexity index is 551. The minimum absolute atomic E-state index is 0.0930. The monoisotopic (exact) mass is 331 g/mol. The second kappa shape index (κ2) is 8.18. The lowest BCUT2D eigenvalue weighted by Gasteiger charge is -2.35. The van der Waals surface area contributed by atoms with Crippen molar-refractivity contribution in [3.8, 4) is 0 Å². The van der Waals surface area contributed by atoms with Crippen molar-refractivity contribution in [1.29, 1.82) is 0 Å². The summed E-state index contributed by atoms with van der Waals surface area (Å²) in [5, 5.41) is 2.80. The maximum absolute atomic E-state index is 12.4. The number of benzene rings is 1. The lowest BCUT2D eigenvalue weighted by atomic mass is 9.81. The van der Waals surface area contributed by atoms with Gasteiger partial charge in [0.05, 0.1) is 0 Å². The normalized spacial score (nSPS) is 21.7. The molecule has 3 amide bonds. The van der Waals surface area contributed by atoms with Gasteiger partial charge in [0.2, 0.25) is 5.91 Å². The summed E-state index contributed by atoms with van der Waals surface area (Å²) in [6.07, 6.45) is 4.19. The third-order valence-electron chi connectivity index (χ3n) is 4.99. The summed E-state index contributed by atoms with van der Waals surface area (Å²) in [4.78, 5) is 27.5. The van der Waals surface area contributed by atoms with E-state index < -0.39 is 6.04 Å². The second-order valence-electron chi connectivity index (χ2n) is 6.93. The number of hydrogen-bond acceptors (Lipinski definition) is 2. The Hall–Kier alpha value is -2.04. The van der Waals surface area contributed by atoms with Crippen LogP contribution in [-0.2, 0) is 4.79 Å². The summed E-state index contributed by atoms with van der Waals surface area (Å²) in [5.74, 6) is 0.498. The van der Waals surface area contributed by atoms with Gasteiger partial charge < -0.3 is 15.1 Å². The number of amides is 3. The smallest absolute Gasteiger partial charge is 0.318 e. The van der Waals surface area contributed by atoms with E-state index in [1.807, 2.05) is 13.1 Å². The van der Waals surface area contributed by atoms with Crippen molar-refractivity contribution >= 4 is 11.9 Å². The fourth-order valence-corrected chi connectivity index (χ4v) is 3.42. The quantitative estimate of drug-likeness (QED) is 0.922. The molecule has 0 radical (unpaired) electrons. The van der Waals surface area contributed by atoms with Crippen molar-refractivity contribution in [1.82, 2.24) is 15.1 Å². The van der Waals surface area contributed by atoms with Gasteiger partial charge in [-0.3, -0.25) is 4.79 Å². The van der Waals surface area contributed by atoms with Gasteiger partial charge in [-0.1, -0.05) is 30.3 Å². The molecule has 1 aliphatic carbocycles. The standard InChI is InChI=1S/C19H29N3O2/c1-14(18(23)21(2)3)20-19(24)22(4)17-12-10-16(11-13-17)15-8-6-5-7-9-15/h5-9,14,16-17H,10-13H2,1-4H3,(H,20,24). The maximum Gasteiger partial charge on any atom is 0.318 e. The lowest BCUT2D eigenvalue weighted by molar-refractivity contribution is -0.130. The molecule has 5 nitrogen and oxygen atoms in total. The number of urea groups is 1. The summed E-state index contributed by atoms with van der Waals surface area (Å²) in [7, 11) is 5.22. The molecule has 1 saturated carbocycles. The number of carbonyl (C=O) groups is 2. The molecule has 0 saturated heterocycles. The summed E-state index contributed by atoms with van der Waals surface area (Å²) < 4.78 is 0. The van der Waals surface area contributed by atoms with Gasteiger partial charge in [-0.25, -0.2) is 4.79 Å². The highest BCUT2D eigenvalue weighted by Gasteiger charge is 2.28. The van der Waals surface area contributed by atoms with Crippen LogP contribution in [-0.4, -0.2) is 55.0 Å². The Labute approximate surface area is 145 Å². The first kappa shape index (κ1) is 18.3. The summed E-state index contributed by atoms with van der Waals surface area (Å²) >= 11 is 0. The third-order valence-corrected chi connectivity index (χ3v) is 4.99. The van der Waals surface area contributed by atoms with Gasteiger partial charge in [-0.2, -0.15) is 0 Å². The van der Waals surface area contributed by atoms with E-state index in [1.54, 1.807) is 25.9 Å². The van der Waals surface area contributed by atoms with Gasteiger partial charge in [0.25, 0.3) is 0 Å². The fraction of sp³-hybridized carbons (Fsp3) is 0.579. The SMILES string of the molecule is CC(NC(=O)N(C)C1CCC(c2ccccc2)CC1)C(=O)N(C)C. The van der Waals surface area contributed by atoms with Gasteiger partial charge in [0.15, 0.2) is 0 Å². The zero-order valence-corrected chi connectivity index (χ0v) is 15.2. The average Bonchev–Trinajstić information content (AvgIpc) is 2.61. The predicted molar refractivity (Wildman–Crippen MR) is 95.9 cm³/mol. The molecule has 0 spiro atoms. The number of nitrogens with zero attached hydrogens (tertiary/aromatic N) is 2. The number of nitrogens with one attached hydrogen (secondary N) is 1. The molecule has 0 aliphatic heterocycles. The van der Waals surface area contributed by atoms with Crippen LogP contribution in [0.2, 0.25) is 0 Å². The van der Waals surface area contributed by atoms with Crippen LogP contribution in [0.25, 0.3) is 0 Å². The van der Waals surface area contributed by atoms with Crippen molar-refractivity contribution in [2.75, 3.05) is 21.1 Å². The van der Waals surface area contributed by atoms with Crippen LogP contribution >= 0.6 is 0 Å². The Balaban J connectivity index is 1.85. The summed E-state index contributed by atoms with van der Waals surface area (Å²) in [6.45, 7) is 1.72. The number of likely N-dealkylation sites (N-methyl/N-ethyl adjacent to an activating group) is 1. The van der Waals surface area contributed by atoms with Gasteiger partial charge in [-0.15, -0.1) is 0 Å². The topological polar surface area (TPSA) is 52.7 Å². The van der Waals surface area contributed by atoms with Gasteiger partial charge in [-0.05, 0) is 44.1 Å². The molecule has 1 N–H and O–H groups in total. The van der Waals surface area contributed by atoms with Crippen molar-refractivity contribution in [3.05, 3.63) is 35.9 Å². The average molecular weight is 331 g/mol. The molecule has 0 heterocycles. The molecule has 2 rings (SSSR count). The molecule has 1 aromatic carbocycles. The first-order valence-corrected chi connectivity index (χ1v) is 8.69. The maximum atomic E-state index is 12.4. The first-order valence-electron chi connectivity index (χ1n) is 8.69. The molecule has 1 aliphatic rings. The molecular formula is C19H29N3O2. The van der Waals surface area contributed by atoms with E-state index in [9.17, 15) is 9.59 Å². The van der Waals surface area contributed by atoms with Crippen LogP contribution in [0.3, 0.4) is 0 Å². The van der Waals surface area contributed by atoms with Gasteiger partial charge in [0, 0.05) is 27.2 Å². The second-order valence-corrected chi connectivity index (χ2v) is 6.93. The summed E-state index contributed by atoms with van der Waals surface area (Å²) in [5.41, 5.74) is 1.40. The molecule has 1 fully saturated rings. The Morgan fingerprint density at radius 2 is 1.62 bits per heavy atom. The van der Waals surface area contributed by atoms with Gasteiger partial charge >= 0.3 is 6.03 Å². The highest BCUT2D eigenvalue weighted by molar-refractivity contribution is 5.86. The third kappa shape index (κ3) is 4.49. The van der Waals surface area contributed by atoms with E-state index in [2.05, 4.69) is 29.6 Å². The van der Waals surface area contributed by atoms with Crippen molar-refractivity contribution in [2.45, 2.75) is 50.6 Å². The van der Waals surface area contributed by atoms with Crippen LogP contribution in [0.4, 0.5) is 4.79 Å². The number of rotatable bonds is 4. The Kier molecular flexibility index (Phi) is 6.23. The minimum Gasteiger partial charge on any atom is -0.347 e. The van der Waals surface area contributed by atoms with Crippen molar-refractivity contribution in [2.24, 2.45) is 0 Å². The molecule has 0 aromatic heterocycles. The minimum atomic E-state index is -0.504. The van der Waals surface area contributed by atoms with Crippen LogP contribution in [0.5, 0.6) is 0 Å². The molecule has 1 aromatic rings. The fourth-order valence-electron chi connectivity index (χ4n) is 3.42. The zero-order valence-electron chi connectivity index (χ0n) is 15.2. The van der Waals surface area contributed by atoms with E-state index in [0.29, 0.717) is 5.92 Å². The largest absolute Gasteiger partial charge is 0.347 e. The Morgan fingerprint density at radius 3 is 2.17 bits per heavy atom. The van der Waals surface area contributed by atoms with Crippen LogP contribution in [0.1, 0.15) is 44.1 Å².